The second kappa shape index (κ2) is 11.2. The molecule has 10 heteroatoms. The van der Waals surface area contributed by atoms with Crippen molar-refractivity contribution in [2.45, 2.75) is 12.8 Å². The van der Waals surface area contributed by atoms with Gasteiger partial charge in [0.1, 0.15) is 5.69 Å². The van der Waals surface area contributed by atoms with E-state index in [2.05, 4.69) is 10.2 Å². The topological polar surface area (TPSA) is 108 Å². The van der Waals surface area contributed by atoms with Gasteiger partial charge in [0.15, 0.2) is 0 Å². The van der Waals surface area contributed by atoms with Crippen molar-refractivity contribution < 1.29 is 19.2 Å². The number of para-hydroxylation sites is 2. The van der Waals surface area contributed by atoms with E-state index in [4.69, 9.17) is 4.74 Å². The van der Waals surface area contributed by atoms with Crippen LogP contribution in [0.3, 0.4) is 0 Å². The largest absolute Gasteiger partial charge is 0.378 e. The van der Waals surface area contributed by atoms with Crippen LogP contribution in [0.15, 0.2) is 48.5 Å². The molecule has 10 nitrogen and oxygen atoms in total. The summed E-state index contributed by atoms with van der Waals surface area (Å²) in [6.07, 6.45) is 1.17. The first kappa shape index (κ1) is 24.5. The number of likely N-dealkylation sites (N-methyl/N-ethyl adjacent to an activating group) is 1. The summed E-state index contributed by atoms with van der Waals surface area (Å²) in [5.74, 6) is -0.540. The standard InChI is InChI=1S/C25H31N5O5/c1-27(18-24(31)26-20-6-8-21(9-7-20)28-14-16-35-17-15-28)25(32)19-10-12-29(13-11-19)22-4-2-3-5-23(22)30(33)34/h2-9,19H,10-18H2,1H3,(H,26,31). The first-order chi connectivity index (χ1) is 16.9. The molecule has 0 radical (unpaired) electrons. The zero-order valence-electron chi connectivity index (χ0n) is 19.9. The Bertz CT molecular complexity index is 1050. The first-order valence-electron chi connectivity index (χ1n) is 11.9. The van der Waals surface area contributed by atoms with Crippen LogP contribution < -0.4 is 15.1 Å². The fraction of sp³-hybridized carbons (Fsp3) is 0.440. The molecule has 2 aromatic rings. The molecule has 2 fully saturated rings. The Hall–Kier alpha value is -3.66. The molecule has 0 spiro atoms. The van der Waals surface area contributed by atoms with Crippen molar-refractivity contribution in [1.29, 1.82) is 0 Å². The molecule has 2 saturated heterocycles. The van der Waals surface area contributed by atoms with Crippen molar-refractivity contribution in [2.75, 3.05) is 68.1 Å². The summed E-state index contributed by atoms with van der Waals surface area (Å²) >= 11 is 0. The molecule has 0 aliphatic carbocycles. The van der Waals surface area contributed by atoms with Crippen LogP contribution in [-0.2, 0) is 14.3 Å². The van der Waals surface area contributed by atoms with E-state index in [-0.39, 0.29) is 34.9 Å². The summed E-state index contributed by atoms with van der Waals surface area (Å²) in [5.41, 5.74) is 2.43. The van der Waals surface area contributed by atoms with Crippen LogP contribution in [0.25, 0.3) is 0 Å². The molecule has 0 aromatic heterocycles. The highest BCUT2D eigenvalue weighted by Gasteiger charge is 2.30. The predicted molar refractivity (Wildman–Crippen MR) is 134 cm³/mol. The number of rotatable bonds is 7. The third-order valence-electron chi connectivity index (χ3n) is 6.55. The highest BCUT2D eigenvalue weighted by atomic mass is 16.6. The number of hydrogen-bond donors (Lipinski definition) is 1. The van der Waals surface area contributed by atoms with Gasteiger partial charge in [-0.05, 0) is 43.2 Å². The number of amides is 2. The van der Waals surface area contributed by atoms with Crippen molar-refractivity contribution in [3.05, 3.63) is 58.6 Å². The van der Waals surface area contributed by atoms with Crippen molar-refractivity contribution in [2.24, 2.45) is 5.92 Å². The number of hydrogen-bond acceptors (Lipinski definition) is 7. The summed E-state index contributed by atoms with van der Waals surface area (Å²) in [5, 5.41) is 14.2. The van der Waals surface area contributed by atoms with Gasteiger partial charge >= 0.3 is 0 Å². The lowest BCUT2D eigenvalue weighted by molar-refractivity contribution is -0.384. The van der Waals surface area contributed by atoms with Crippen LogP contribution in [0, 0.1) is 16.0 Å². The number of benzene rings is 2. The Labute approximate surface area is 204 Å². The van der Waals surface area contributed by atoms with E-state index in [0.717, 1.165) is 18.8 Å². The Morgan fingerprint density at radius 1 is 1.03 bits per heavy atom. The number of nitro benzene ring substituents is 1. The summed E-state index contributed by atoms with van der Waals surface area (Å²) in [6.45, 7) is 4.19. The maximum Gasteiger partial charge on any atom is 0.292 e. The number of nitrogens with one attached hydrogen (secondary N) is 1. The minimum atomic E-state index is -0.380. The molecule has 2 aliphatic rings. The fourth-order valence-electron chi connectivity index (χ4n) is 4.64. The number of piperidine rings is 1. The second-order valence-corrected chi connectivity index (χ2v) is 8.90. The number of carbonyl (C=O) groups is 2. The van der Waals surface area contributed by atoms with Crippen LogP contribution in [0.5, 0.6) is 0 Å². The quantitative estimate of drug-likeness (QED) is 0.478. The molecule has 186 valence electrons. The Morgan fingerprint density at radius 2 is 1.69 bits per heavy atom. The van der Waals surface area contributed by atoms with Gasteiger partial charge in [0.2, 0.25) is 11.8 Å². The number of nitro groups is 1. The van der Waals surface area contributed by atoms with Gasteiger partial charge in [-0.15, -0.1) is 0 Å². The van der Waals surface area contributed by atoms with Crippen LogP contribution in [0.4, 0.5) is 22.7 Å². The lowest BCUT2D eigenvalue weighted by Gasteiger charge is -2.34. The monoisotopic (exact) mass is 481 g/mol. The average Bonchev–Trinajstić information content (AvgIpc) is 2.89. The lowest BCUT2D eigenvalue weighted by Crippen LogP contribution is -2.43. The van der Waals surface area contributed by atoms with Gasteiger partial charge in [-0.25, -0.2) is 0 Å². The predicted octanol–water partition coefficient (Wildman–Crippen LogP) is 2.74. The van der Waals surface area contributed by atoms with E-state index in [1.165, 1.54) is 11.0 Å². The molecule has 2 amide bonds. The third kappa shape index (κ3) is 6.07. The molecule has 2 aromatic carbocycles. The van der Waals surface area contributed by atoms with Crippen LogP contribution in [0.2, 0.25) is 0 Å². The van der Waals surface area contributed by atoms with Crippen molar-refractivity contribution in [3.8, 4) is 0 Å². The Morgan fingerprint density at radius 3 is 2.34 bits per heavy atom. The molecule has 0 atom stereocenters. The highest BCUT2D eigenvalue weighted by molar-refractivity contribution is 5.95. The summed E-state index contributed by atoms with van der Waals surface area (Å²) in [7, 11) is 1.64. The maximum atomic E-state index is 12.9. The first-order valence-corrected chi connectivity index (χ1v) is 11.9. The van der Waals surface area contributed by atoms with E-state index in [1.54, 1.807) is 25.2 Å². The smallest absolute Gasteiger partial charge is 0.292 e. The van der Waals surface area contributed by atoms with Gasteiger partial charge in [-0.2, -0.15) is 0 Å². The molecule has 2 heterocycles. The molecule has 0 unspecified atom stereocenters. The molecule has 0 bridgehead atoms. The lowest BCUT2D eigenvalue weighted by atomic mass is 9.95. The molecule has 0 saturated carbocycles. The van der Waals surface area contributed by atoms with E-state index < -0.39 is 0 Å². The maximum absolute atomic E-state index is 12.9. The van der Waals surface area contributed by atoms with Gasteiger partial charge in [0, 0.05) is 56.6 Å². The second-order valence-electron chi connectivity index (χ2n) is 8.90. The minimum absolute atomic E-state index is 0.0333. The van der Waals surface area contributed by atoms with Crippen molar-refractivity contribution in [1.82, 2.24) is 4.90 Å². The zero-order chi connectivity index (χ0) is 24.8. The highest BCUT2D eigenvalue weighted by Crippen LogP contribution is 2.31. The number of carbonyl (C=O) groups excluding carboxylic acids is 2. The van der Waals surface area contributed by atoms with Crippen molar-refractivity contribution >= 4 is 34.6 Å². The molecule has 35 heavy (non-hydrogen) atoms. The van der Waals surface area contributed by atoms with Gasteiger partial charge in [0.25, 0.3) is 5.69 Å². The molecular weight excluding hydrogens is 450 g/mol. The summed E-state index contributed by atoms with van der Waals surface area (Å²) < 4.78 is 5.38. The fourth-order valence-corrected chi connectivity index (χ4v) is 4.64. The summed E-state index contributed by atoms with van der Waals surface area (Å²) in [6, 6.07) is 14.3. The zero-order valence-corrected chi connectivity index (χ0v) is 19.9. The number of ether oxygens (including phenoxy) is 1. The van der Waals surface area contributed by atoms with Crippen LogP contribution in [0.1, 0.15) is 12.8 Å². The number of nitrogens with zero attached hydrogens (tertiary/aromatic N) is 4. The minimum Gasteiger partial charge on any atom is -0.378 e. The molecule has 1 N–H and O–H groups in total. The Kier molecular flexibility index (Phi) is 7.81. The average molecular weight is 482 g/mol. The summed E-state index contributed by atoms with van der Waals surface area (Å²) in [4.78, 5) is 42.1. The van der Waals surface area contributed by atoms with Crippen LogP contribution in [-0.4, -0.2) is 74.6 Å². The van der Waals surface area contributed by atoms with Gasteiger partial charge < -0.3 is 24.8 Å². The van der Waals surface area contributed by atoms with Gasteiger partial charge in [0.05, 0.1) is 24.7 Å². The van der Waals surface area contributed by atoms with E-state index in [0.29, 0.717) is 50.5 Å². The van der Waals surface area contributed by atoms with E-state index in [9.17, 15) is 19.7 Å². The van der Waals surface area contributed by atoms with E-state index >= 15 is 0 Å². The number of anilines is 3. The SMILES string of the molecule is CN(CC(=O)Nc1ccc(N2CCOCC2)cc1)C(=O)C1CCN(c2ccccc2[N+](=O)[O-])CC1. The van der Waals surface area contributed by atoms with Crippen LogP contribution >= 0.6 is 0 Å². The third-order valence-corrected chi connectivity index (χ3v) is 6.55. The number of morpholine rings is 1. The van der Waals surface area contributed by atoms with Gasteiger partial charge in [-0.3, -0.25) is 19.7 Å². The van der Waals surface area contributed by atoms with E-state index in [1.807, 2.05) is 29.2 Å². The normalized spacial score (nSPS) is 16.6. The molecule has 2 aliphatic heterocycles. The molecular formula is C25H31N5O5. The molecule has 4 rings (SSSR count). The van der Waals surface area contributed by atoms with Gasteiger partial charge in [-0.1, -0.05) is 12.1 Å². The Balaban J connectivity index is 1.25. The van der Waals surface area contributed by atoms with Crippen molar-refractivity contribution in [3.63, 3.8) is 0 Å².